The van der Waals surface area contributed by atoms with Crippen molar-refractivity contribution in [1.82, 2.24) is 14.7 Å². The second kappa shape index (κ2) is 6.60. The number of fused-ring (bicyclic) bond motifs is 1. The Morgan fingerprint density at radius 2 is 2.29 bits per heavy atom. The number of aromatic nitrogens is 2. The number of rotatable bonds is 6. The van der Waals surface area contributed by atoms with Gasteiger partial charge in [0.1, 0.15) is 0 Å². The smallest absolute Gasteiger partial charge is 0.244 e. The van der Waals surface area contributed by atoms with Gasteiger partial charge in [0.2, 0.25) is 5.91 Å². The van der Waals surface area contributed by atoms with Crippen molar-refractivity contribution in [3.8, 4) is 0 Å². The molecule has 0 aliphatic rings. The molecule has 5 nitrogen and oxygen atoms in total. The van der Waals surface area contributed by atoms with Crippen molar-refractivity contribution in [3.05, 3.63) is 28.5 Å². The number of hydrogen-bond acceptors (Lipinski definition) is 4. The summed E-state index contributed by atoms with van der Waals surface area (Å²) in [5, 5.41) is 15.1. The second-order valence-corrected chi connectivity index (χ2v) is 6.06. The van der Waals surface area contributed by atoms with Crippen LogP contribution in [-0.2, 0) is 4.79 Å². The maximum Gasteiger partial charge on any atom is 0.244 e. The minimum atomic E-state index is -0.849. The van der Waals surface area contributed by atoms with Crippen LogP contribution in [0.1, 0.15) is 32.4 Å². The highest BCUT2D eigenvalue weighted by Gasteiger charge is 2.22. The highest BCUT2D eigenvalue weighted by atomic mass is 35.5. The van der Waals surface area contributed by atoms with Crippen LogP contribution in [0.3, 0.4) is 0 Å². The van der Waals surface area contributed by atoms with Crippen LogP contribution in [-0.4, -0.2) is 32.5 Å². The van der Waals surface area contributed by atoms with Crippen LogP contribution in [0.15, 0.2) is 17.7 Å². The first-order valence-electron chi connectivity index (χ1n) is 6.78. The molecule has 7 heteroatoms. The molecule has 0 atom stereocenters. The second-order valence-electron chi connectivity index (χ2n) is 4.83. The predicted molar refractivity (Wildman–Crippen MR) is 85.7 cm³/mol. The van der Waals surface area contributed by atoms with Crippen molar-refractivity contribution < 1.29 is 9.90 Å². The maximum absolute atomic E-state index is 11.8. The van der Waals surface area contributed by atoms with E-state index in [1.54, 1.807) is 6.08 Å². The fraction of sp³-hybridized carbons (Fsp3) is 0.429. The van der Waals surface area contributed by atoms with Crippen molar-refractivity contribution in [3.63, 3.8) is 0 Å². The Bertz CT molecular complexity index is 658. The lowest BCUT2D eigenvalue weighted by Crippen LogP contribution is -2.41. The van der Waals surface area contributed by atoms with Gasteiger partial charge in [0, 0.05) is 24.2 Å². The summed E-state index contributed by atoms with van der Waals surface area (Å²) in [5.41, 5.74) is -0.178. The van der Waals surface area contributed by atoms with Crippen LogP contribution in [0, 0.1) is 0 Å². The molecule has 2 rings (SSSR count). The fourth-order valence-electron chi connectivity index (χ4n) is 1.89. The number of nitrogens with one attached hydrogen (secondary N) is 1. The van der Waals surface area contributed by atoms with Gasteiger partial charge in [-0.3, -0.25) is 9.20 Å². The zero-order valence-corrected chi connectivity index (χ0v) is 13.5. The number of hydrogen-bond donors (Lipinski definition) is 2. The maximum atomic E-state index is 11.8. The average molecular weight is 328 g/mol. The summed E-state index contributed by atoms with van der Waals surface area (Å²) >= 11 is 7.51. The molecular formula is C14H18ClN3O2S. The normalized spacial score (nSPS) is 12.4. The lowest BCUT2D eigenvalue weighted by Gasteiger charge is -2.24. The van der Waals surface area contributed by atoms with E-state index in [4.69, 9.17) is 11.6 Å². The molecule has 0 saturated carbocycles. The highest BCUT2D eigenvalue weighted by molar-refractivity contribution is 7.15. The van der Waals surface area contributed by atoms with Gasteiger partial charge in [0.25, 0.3) is 0 Å². The van der Waals surface area contributed by atoms with E-state index in [0.717, 1.165) is 4.96 Å². The van der Waals surface area contributed by atoms with E-state index in [0.29, 0.717) is 23.7 Å². The SMILES string of the molecule is CCC(O)(CC)CNC(=O)C=Cc1c(Cl)nc2sccn12. The molecule has 0 fully saturated rings. The molecule has 0 spiro atoms. The van der Waals surface area contributed by atoms with Crippen LogP contribution < -0.4 is 5.32 Å². The van der Waals surface area contributed by atoms with Crippen molar-refractivity contribution in [2.75, 3.05) is 6.54 Å². The topological polar surface area (TPSA) is 66.6 Å². The van der Waals surface area contributed by atoms with E-state index in [2.05, 4.69) is 10.3 Å². The highest BCUT2D eigenvalue weighted by Crippen LogP contribution is 2.22. The number of nitrogens with zero attached hydrogens (tertiary/aromatic N) is 2. The number of carbonyl (C=O) groups is 1. The molecule has 0 aliphatic carbocycles. The molecule has 2 N–H and O–H groups in total. The predicted octanol–water partition coefficient (Wildman–Crippen LogP) is 2.73. The van der Waals surface area contributed by atoms with E-state index >= 15 is 0 Å². The number of imidazole rings is 1. The van der Waals surface area contributed by atoms with Crippen LogP contribution in [0.25, 0.3) is 11.0 Å². The number of amides is 1. The van der Waals surface area contributed by atoms with Gasteiger partial charge in [-0.25, -0.2) is 4.98 Å². The van der Waals surface area contributed by atoms with Gasteiger partial charge in [-0.05, 0) is 18.9 Å². The first kappa shape index (κ1) is 16.0. The molecule has 2 aromatic rings. The summed E-state index contributed by atoms with van der Waals surface area (Å²) in [6, 6.07) is 0. The zero-order chi connectivity index (χ0) is 15.5. The van der Waals surface area contributed by atoms with E-state index in [1.807, 2.05) is 29.8 Å². The molecule has 2 aromatic heterocycles. The lowest BCUT2D eigenvalue weighted by atomic mass is 9.98. The summed E-state index contributed by atoms with van der Waals surface area (Å²) in [5.74, 6) is -0.267. The molecule has 1 amide bonds. The Labute approximate surface area is 132 Å². The lowest BCUT2D eigenvalue weighted by molar-refractivity contribution is -0.117. The van der Waals surface area contributed by atoms with Crippen LogP contribution in [0.4, 0.5) is 0 Å². The van der Waals surface area contributed by atoms with Gasteiger partial charge in [-0.2, -0.15) is 0 Å². The summed E-state index contributed by atoms with van der Waals surface area (Å²) < 4.78 is 1.82. The largest absolute Gasteiger partial charge is 0.388 e. The molecule has 114 valence electrons. The molecule has 0 aromatic carbocycles. The van der Waals surface area contributed by atoms with Crippen molar-refractivity contribution in [2.45, 2.75) is 32.3 Å². The van der Waals surface area contributed by atoms with Gasteiger partial charge in [0.05, 0.1) is 11.3 Å². The molecule has 0 aliphatic heterocycles. The summed E-state index contributed by atoms with van der Waals surface area (Å²) in [4.78, 5) is 16.8. The number of halogens is 1. The van der Waals surface area contributed by atoms with Gasteiger partial charge in [0.15, 0.2) is 10.1 Å². The van der Waals surface area contributed by atoms with E-state index in [9.17, 15) is 9.90 Å². The number of thiazole rings is 1. The standard InChI is InChI=1S/C14H18ClN3O2S/c1-3-14(20,4-2)9-16-11(19)6-5-10-12(15)17-13-18(10)7-8-21-13/h5-8,20H,3-4,9H2,1-2H3,(H,16,19). The Hall–Kier alpha value is -1.37. The fourth-order valence-corrected chi connectivity index (χ4v) is 2.90. The van der Waals surface area contributed by atoms with Crippen molar-refractivity contribution >= 4 is 39.9 Å². The molecule has 0 bridgehead atoms. The summed E-state index contributed by atoms with van der Waals surface area (Å²) in [7, 11) is 0. The van der Waals surface area contributed by atoms with E-state index in [1.165, 1.54) is 17.4 Å². The first-order valence-corrected chi connectivity index (χ1v) is 8.04. The van der Waals surface area contributed by atoms with Crippen LogP contribution in [0.5, 0.6) is 0 Å². The Morgan fingerprint density at radius 3 is 2.95 bits per heavy atom. The first-order chi connectivity index (χ1) is 9.99. The quantitative estimate of drug-likeness (QED) is 0.802. The van der Waals surface area contributed by atoms with Crippen molar-refractivity contribution in [2.24, 2.45) is 0 Å². The van der Waals surface area contributed by atoms with E-state index in [-0.39, 0.29) is 12.5 Å². The Kier molecular flexibility index (Phi) is 5.03. The third-order valence-corrected chi connectivity index (χ3v) is 4.59. The van der Waals surface area contributed by atoms with Gasteiger partial charge < -0.3 is 10.4 Å². The molecule has 0 saturated heterocycles. The zero-order valence-electron chi connectivity index (χ0n) is 12.0. The minimum absolute atomic E-state index is 0.233. The van der Waals surface area contributed by atoms with Crippen LogP contribution in [0.2, 0.25) is 5.15 Å². The third-order valence-electron chi connectivity index (χ3n) is 3.55. The third kappa shape index (κ3) is 3.64. The Morgan fingerprint density at radius 1 is 1.57 bits per heavy atom. The van der Waals surface area contributed by atoms with Crippen molar-refractivity contribution in [1.29, 1.82) is 0 Å². The average Bonchev–Trinajstić information content (AvgIpc) is 3.03. The van der Waals surface area contributed by atoms with Gasteiger partial charge >= 0.3 is 0 Å². The monoisotopic (exact) mass is 327 g/mol. The molecule has 0 radical (unpaired) electrons. The van der Waals surface area contributed by atoms with Gasteiger partial charge in [-0.1, -0.05) is 25.4 Å². The van der Waals surface area contributed by atoms with Gasteiger partial charge in [-0.15, -0.1) is 11.3 Å². The molecule has 21 heavy (non-hydrogen) atoms. The molecule has 2 heterocycles. The summed E-state index contributed by atoms with van der Waals surface area (Å²) in [6.45, 7) is 4.02. The van der Waals surface area contributed by atoms with E-state index < -0.39 is 5.60 Å². The molecular weight excluding hydrogens is 310 g/mol. The molecule has 0 unspecified atom stereocenters. The number of aliphatic hydroxyl groups is 1. The summed E-state index contributed by atoms with van der Waals surface area (Å²) in [6.07, 6.45) is 6.07. The van der Waals surface area contributed by atoms with Crippen LogP contribution >= 0.6 is 22.9 Å². The Balaban J connectivity index is 2.02. The minimum Gasteiger partial charge on any atom is -0.388 e. The number of carbonyl (C=O) groups excluding carboxylic acids is 1.